The van der Waals surface area contributed by atoms with Crippen LogP contribution in [0.4, 0.5) is 0 Å². The first-order valence-corrected chi connectivity index (χ1v) is 4.69. The van der Waals surface area contributed by atoms with Crippen LogP contribution in [0, 0.1) is 0 Å². The highest BCUT2D eigenvalue weighted by Crippen LogP contribution is 2.13. The third-order valence-corrected chi connectivity index (χ3v) is 2.28. The zero-order valence-electron chi connectivity index (χ0n) is 8.10. The van der Waals surface area contributed by atoms with Gasteiger partial charge in [0.1, 0.15) is 0 Å². The van der Waals surface area contributed by atoms with Gasteiger partial charge in [-0.25, -0.2) is 0 Å². The fourth-order valence-corrected chi connectivity index (χ4v) is 1.48. The van der Waals surface area contributed by atoms with E-state index in [1.54, 1.807) is 6.20 Å². The second-order valence-corrected chi connectivity index (χ2v) is 3.25. The van der Waals surface area contributed by atoms with E-state index >= 15 is 0 Å². The van der Waals surface area contributed by atoms with Crippen LogP contribution in [0.25, 0.3) is 11.1 Å². The molecule has 0 amide bonds. The van der Waals surface area contributed by atoms with Crippen molar-refractivity contribution in [1.82, 2.24) is 4.98 Å². The molecule has 0 aliphatic carbocycles. The molecule has 0 radical (unpaired) electrons. The summed E-state index contributed by atoms with van der Waals surface area (Å²) >= 11 is 0. The summed E-state index contributed by atoms with van der Waals surface area (Å²) in [5.74, 6) is 0. The largest absolute Gasteiger partial charge is 0.391 e. The molecule has 3 heteroatoms. The van der Waals surface area contributed by atoms with Gasteiger partial charge in [-0.2, -0.15) is 0 Å². The number of aliphatic hydroxyl groups excluding tert-OH is 1. The van der Waals surface area contributed by atoms with E-state index in [9.17, 15) is 4.79 Å². The Balaban J connectivity index is 2.60. The van der Waals surface area contributed by atoms with E-state index < -0.39 is 0 Å². The molecular weight excluding hydrogens is 190 g/mol. The molecule has 1 aromatic carbocycles. The van der Waals surface area contributed by atoms with Gasteiger partial charge in [0, 0.05) is 23.5 Å². The monoisotopic (exact) mass is 201 g/mol. The highest BCUT2D eigenvalue weighted by molar-refractivity contribution is 5.62. The molecule has 0 bridgehead atoms. The Hall–Kier alpha value is -1.87. The quantitative estimate of drug-likeness (QED) is 0.774. The number of aromatic nitrogens is 1. The van der Waals surface area contributed by atoms with Crippen LogP contribution in [-0.2, 0) is 6.61 Å². The molecular formula is C12H11NO2. The van der Waals surface area contributed by atoms with Gasteiger partial charge in [-0.3, -0.25) is 4.79 Å². The molecule has 3 nitrogen and oxygen atoms in total. The van der Waals surface area contributed by atoms with Crippen LogP contribution in [0.2, 0.25) is 0 Å². The molecule has 0 fully saturated rings. The molecule has 2 rings (SSSR count). The van der Waals surface area contributed by atoms with E-state index in [0.29, 0.717) is 11.1 Å². The smallest absolute Gasteiger partial charge is 0.194 e. The predicted molar refractivity (Wildman–Crippen MR) is 58.4 cm³/mol. The highest BCUT2D eigenvalue weighted by atomic mass is 16.3. The zero-order valence-corrected chi connectivity index (χ0v) is 8.10. The van der Waals surface area contributed by atoms with Crippen molar-refractivity contribution in [2.24, 2.45) is 0 Å². The molecule has 76 valence electrons. The van der Waals surface area contributed by atoms with Crippen molar-refractivity contribution >= 4 is 0 Å². The van der Waals surface area contributed by atoms with Gasteiger partial charge in [-0.15, -0.1) is 0 Å². The topological polar surface area (TPSA) is 53.1 Å². The second kappa shape index (κ2) is 4.11. The van der Waals surface area contributed by atoms with Crippen molar-refractivity contribution < 1.29 is 5.11 Å². The summed E-state index contributed by atoms with van der Waals surface area (Å²) in [6, 6.07) is 9.38. The van der Waals surface area contributed by atoms with Crippen molar-refractivity contribution in [1.29, 1.82) is 0 Å². The van der Waals surface area contributed by atoms with Gasteiger partial charge in [0.2, 0.25) is 0 Å². The average molecular weight is 201 g/mol. The van der Waals surface area contributed by atoms with Gasteiger partial charge < -0.3 is 10.1 Å². The van der Waals surface area contributed by atoms with Crippen LogP contribution in [0.5, 0.6) is 0 Å². The van der Waals surface area contributed by atoms with Gasteiger partial charge >= 0.3 is 0 Å². The van der Waals surface area contributed by atoms with Gasteiger partial charge in [0.05, 0.1) is 6.61 Å². The normalized spacial score (nSPS) is 10.2. The highest BCUT2D eigenvalue weighted by Gasteiger charge is 2.05. The summed E-state index contributed by atoms with van der Waals surface area (Å²) in [4.78, 5) is 14.7. The third-order valence-electron chi connectivity index (χ3n) is 2.28. The summed E-state index contributed by atoms with van der Waals surface area (Å²) in [6.07, 6.45) is 3.17. The molecule has 15 heavy (non-hydrogen) atoms. The van der Waals surface area contributed by atoms with Gasteiger partial charge in [0.15, 0.2) is 5.43 Å². The molecule has 0 aliphatic rings. The minimum atomic E-state index is -0.240. The van der Waals surface area contributed by atoms with Crippen molar-refractivity contribution in [2.45, 2.75) is 6.61 Å². The number of aliphatic hydroxyl groups is 1. The number of nitrogens with one attached hydrogen (secondary N) is 1. The molecule has 0 aliphatic heterocycles. The molecule has 2 aromatic rings. The number of rotatable bonds is 2. The predicted octanol–water partition coefficient (Wildman–Crippen LogP) is 1.53. The molecule has 0 spiro atoms. The Morgan fingerprint density at radius 1 is 1.13 bits per heavy atom. The van der Waals surface area contributed by atoms with E-state index in [0.717, 1.165) is 5.56 Å². The van der Waals surface area contributed by atoms with Crippen LogP contribution >= 0.6 is 0 Å². The summed E-state index contributed by atoms with van der Waals surface area (Å²) in [6.45, 7) is -0.240. The van der Waals surface area contributed by atoms with Crippen molar-refractivity contribution in [3.8, 4) is 11.1 Å². The Labute approximate surface area is 87.0 Å². The summed E-state index contributed by atoms with van der Waals surface area (Å²) in [5, 5.41) is 8.97. The first kappa shape index (κ1) is 9.68. The lowest BCUT2D eigenvalue weighted by atomic mass is 10.1. The molecule has 1 heterocycles. The summed E-state index contributed by atoms with van der Waals surface area (Å²) < 4.78 is 0. The van der Waals surface area contributed by atoms with E-state index in [1.165, 1.54) is 6.20 Å². The van der Waals surface area contributed by atoms with Crippen LogP contribution in [0.1, 0.15) is 5.56 Å². The minimum absolute atomic E-state index is 0.123. The lowest BCUT2D eigenvalue weighted by Gasteiger charge is -2.02. The van der Waals surface area contributed by atoms with E-state index in [-0.39, 0.29) is 12.0 Å². The molecule has 0 saturated carbocycles. The lowest BCUT2D eigenvalue weighted by molar-refractivity contribution is 0.280. The fraction of sp³-hybridized carbons (Fsp3) is 0.0833. The van der Waals surface area contributed by atoms with Gasteiger partial charge in [0.25, 0.3) is 0 Å². The van der Waals surface area contributed by atoms with Crippen LogP contribution in [-0.4, -0.2) is 10.1 Å². The van der Waals surface area contributed by atoms with E-state index in [4.69, 9.17) is 5.11 Å². The molecule has 0 saturated heterocycles. The Morgan fingerprint density at radius 2 is 1.87 bits per heavy atom. The maximum Gasteiger partial charge on any atom is 0.194 e. The number of H-pyrrole nitrogens is 1. The van der Waals surface area contributed by atoms with Crippen LogP contribution in [0.3, 0.4) is 0 Å². The third kappa shape index (κ3) is 1.82. The number of hydrogen-bond acceptors (Lipinski definition) is 2. The maximum absolute atomic E-state index is 11.8. The zero-order chi connectivity index (χ0) is 10.7. The number of pyridine rings is 1. The Bertz CT molecular complexity index is 503. The maximum atomic E-state index is 11.8. The minimum Gasteiger partial charge on any atom is -0.391 e. The molecule has 0 atom stereocenters. The van der Waals surface area contributed by atoms with Crippen molar-refractivity contribution in [3.05, 3.63) is 58.5 Å². The summed E-state index contributed by atoms with van der Waals surface area (Å²) in [5.41, 5.74) is 1.70. The number of benzene rings is 1. The van der Waals surface area contributed by atoms with E-state index in [2.05, 4.69) is 4.98 Å². The summed E-state index contributed by atoms with van der Waals surface area (Å²) in [7, 11) is 0. The first-order chi connectivity index (χ1) is 7.33. The Kier molecular flexibility index (Phi) is 2.65. The van der Waals surface area contributed by atoms with Crippen LogP contribution in [0.15, 0.2) is 47.5 Å². The lowest BCUT2D eigenvalue weighted by Crippen LogP contribution is -2.11. The molecule has 2 N–H and O–H groups in total. The van der Waals surface area contributed by atoms with E-state index in [1.807, 2.05) is 30.3 Å². The number of aromatic amines is 1. The van der Waals surface area contributed by atoms with Gasteiger partial charge in [-0.1, -0.05) is 30.3 Å². The SMILES string of the molecule is O=c1c(CO)c[nH]cc1-c1ccccc1. The van der Waals surface area contributed by atoms with Crippen molar-refractivity contribution in [3.63, 3.8) is 0 Å². The standard InChI is InChI=1S/C12H11NO2/c14-8-10-6-13-7-11(12(10)15)9-4-2-1-3-5-9/h1-7,14H,8H2,(H,13,15). The molecule has 1 aromatic heterocycles. The van der Waals surface area contributed by atoms with Gasteiger partial charge in [-0.05, 0) is 5.56 Å². The van der Waals surface area contributed by atoms with Crippen molar-refractivity contribution in [2.75, 3.05) is 0 Å². The number of hydrogen-bond donors (Lipinski definition) is 2. The van der Waals surface area contributed by atoms with Crippen LogP contribution < -0.4 is 5.43 Å². The fourth-order valence-electron chi connectivity index (χ4n) is 1.48. The molecule has 0 unspecified atom stereocenters. The first-order valence-electron chi connectivity index (χ1n) is 4.69. The average Bonchev–Trinajstić information content (AvgIpc) is 2.30. The Morgan fingerprint density at radius 3 is 2.53 bits per heavy atom. The second-order valence-electron chi connectivity index (χ2n) is 3.25.